The molecule has 0 saturated carbocycles. The number of rotatable bonds is 5. The van der Waals surface area contributed by atoms with Crippen molar-refractivity contribution in [3.8, 4) is 22.6 Å². The Kier molecular flexibility index (Phi) is 4.50. The van der Waals surface area contributed by atoms with Gasteiger partial charge in [0.15, 0.2) is 0 Å². The molecular weight excluding hydrogens is 300 g/mol. The lowest BCUT2D eigenvalue weighted by Crippen LogP contribution is -2.30. The molecule has 1 aromatic heterocycles. The monoisotopic (exact) mass is 326 g/mol. The quantitative estimate of drug-likeness (QED) is 0.897. The van der Waals surface area contributed by atoms with E-state index in [4.69, 9.17) is 15.2 Å². The molecule has 1 unspecified atom stereocenters. The van der Waals surface area contributed by atoms with Crippen LogP contribution in [0.15, 0.2) is 36.7 Å². The Balaban J connectivity index is 1.85. The number of hydrogen-bond donors (Lipinski definition) is 1. The van der Waals surface area contributed by atoms with Gasteiger partial charge in [0, 0.05) is 23.4 Å². The SMILES string of the molecule is CC(C)CC(N)COc1ccc2c(c1)C(C)(C)Oc1cnccc1-2. The molecule has 0 radical (unpaired) electrons. The standard InChI is InChI=1S/C20H26N2O2/c1-13(2)9-14(21)12-23-15-5-6-16-17-7-8-22-11-19(17)24-20(3,4)18(16)10-15/h5-8,10-11,13-14H,9,12,21H2,1-4H3. The Morgan fingerprint density at radius 2 is 2.00 bits per heavy atom. The van der Waals surface area contributed by atoms with Crippen LogP contribution in [0, 0.1) is 5.92 Å². The first kappa shape index (κ1) is 16.8. The summed E-state index contributed by atoms with van der Waals surface area (Å²) >= 11 is 0. The van der Waals surface area contributed by atoms with Crippen LogP contribution in [-0.2, 0) is 5.60 Å². The van der Waals surface area contributed by atoms with Crippen molar-refractivity contribution in [1.29, 1.82) is 0 Å². The van der Waals surface area contributed by atoms with E-state index in [1.807, 2.05) is 12.1 Å². The molecule has 2 N–H and O–H groups in total. The number of fused-ring (bicyclic) bond motifs is 3. The number of aromatic nitrogens is 1. The summed E-state index contributed by atoms with van der Waals surface area (Å²) in [5.74, 6) is 2.23. The van der Waals surface area contributed by atoms with Gasteiger partial charge in [-0.05, 0) is 49.9 Å². The molecule has 3 rings (SSSR count). The summed E-state index contributed by atoms with van der Waals surface area (Å²) in [6.07, 6.45) is 4.52. The fourth-order valence-corrected chi connectivity index (χ4v) is 3.24. The first-order chi connectivity index (χ1) is 11.4. The Bertz CT molecular complexity index is 725. The van der Waals surface area contributed by atoms with Crippen molar-refractivity contribution in [2.75, 3.05) is 6.61 Å². The number of benzene rings is 1. The summed E-state index contributed by atoms with van der Waals surface area (Å²) in [6, 6.07) is 8.22. The van der Waals surface area contributed by atoms with Crippen LogP contribution in [0.2, 0.25) is 0 Å². The second kappa shape index (κ2) is 6.44. The van der Waals surface area contributed by atoms with Crippen molar-refractivity contribution in [1.82, 2.24) is 4.98 Å². The normalized spacial score (nSPS) is 16.1. The highest BCUT2D eigenvalue weighted by Gasteiger charge is 2.33. The molecule has 1 atom stereocenters. The Morgan fingerprint density at radius 3 is 2.75 bits per heavy atom. The molecule has 4 nitrogen and oxygen atoms in total. The van der Waals surface area contributed by atoms with Gasteiger partial charge in [-0.15, -0.1) is 0 Å². The minimum atomic E-state index is -0.426. The van der Waals surface area contributed by atoms with Gasteiger partial charge in [-0.2, -0.15) is 0 Å². The molecule has 4 heteroatoms. The second-order valence-corrected chi connectivity index (χ2v) is 7.39. The van der Waals surface area contributed by atoms with Crippen LogP contribution in [0.25, 0.3) is 11.1 Å². The number of ether oxygens (including phenoxy) is 2. The second-order valence-electron chi connectivity index (χ2n) is 7.39. The van der Waals surface area contributed by atoms with Gasteiger partial charge in [0.25, 0.3) is 0 Å². The largest absolute Gasteiger partial charge is 0.492 e. The molecule has 1 aliphatic heterocycles. The number of hydrogen-bond acceptors (Lipinski definition) is 4. The molecule has 0 amide bonds. The van der Waals surface area contributed by atoms with Gasteiger partial charge in [-0.3, -0.25) is 4.98 Å². The first-order valence-electron chi connectivity index (χ1n) is 8.53. The van der Waals surface area contributed by atoms with Gasteiger partial charge in [-0.1, -0.05) is 19.9 Å². The van der Waals surface area contributed by atoms with Gasteiger partial charge in [0.1, 0.15) is 23.7 Å². The fraction of sp³-hybridized carbons (Fsp3) is 0.450. The van der Waals surface area contributed by atoms with E-state index in [9.17, 15) is 0 Å². The van der Waals surface area contributed by atoms with E-state index in [1.54, 1.807) is 12.4 Å². The van der Waals surface area contributed by atoms with E-state index in [-0.39, 0.29) is 6.04 Å². The van der Waals surface area contributed by atoms with E-state index < -0.39 is 5.60 Å². The van der Waals surface area contributed by atoms with E-state index >= 15 is 0 Å². The maximum Gasteiger partial charge on any atom is 0.146 e. The summed E-state index contributed by atoms with van der Waals surface area (Å²) in [6.45, 7) is 9.00. The molecule has 1 aromatic carbocycles. The Labute approximate surface area is 144 Å². The van der Waals surface area contributed by atoms with Crippen LogP contribution < -0.4 is 15.2 Å². The molecule has 2 heterocycles. The van der Waals surface area contributed by atoms with Gasteiger partial charge in [-0.25, -0.2) is 0 Å². The Morgan fingerprint density at radius 1 is 1.21 bits per heavy atom. The molecule has 2 aromatic rings. The molecule has 0 spiro atoms. The van der Waals surface area contributed by atoms with Crippen LogP contribution in [0.4, 0.5) is 0 Å². The third kappa shape index (κ3) is 3.39. The molecule has 24 heavy (non-hydrogen) atoms. The Hall–Kier alpha value is -2.07. The molecule has 0 saturated heterocycles. The van der Waals surface area contributed by atoms with Crippen molar-refractivity contribution >= 4 is 0 Å². The van der Waals surface area contributed by atoms with Crippen molar-refractivity contribution in [2.24, 2.45) is 11.7 Å². The van der Waals surface area contributed by atoms with Crippen LogP contribution in [0.1, 0.15) is 39.7 Å². The van der Waals surface area contributed by atoms with Crippen LogP contribution >= 0.6 is 0 Å². The van der Waals surface area contributed by atoms with Crippen molar-refractivity contribution in [3.05, 3.63) is 42.2 Å². The van der Waals surface area contributed by atoms with Gasteiger partial charge < -0.3 is 15.2 Å². The average Bonchev–Trinajstić information content (AvgIpc) is 2.52. The first-order valence-corrected chi connectivity index (χ1v) is 8.53. The predicted molar refractivity (Wildman–Crippen MR) is 96.3 cm³/mol. The summed E-state index contributed by atoms with van der Waals surface area (Å²) in [4.78, 5) is 4.16. The lowest BCUT2D eigenvalue weighted by Gasteiger charge is -2.34. The molecule has 0 fully saturated rings. The highest BCUT2D eigenvalue weighted by molar-refractivity contribution is 5.76. The van der Waals surface area contributed by atoms with Crippen molar-refractivity contribution < 1.29 is 9.47 Å². The summed E-state index contributed by atoms with van der Waals surface area (Å²) in [7, 11) is 0. The zero-order valence-corrected chi connectivity index (χ0v) is 14.9. The molecule has 1 aliphatic rings. The highest BCUT2D eigenvalue weighted by atomic mass is 16.5. The van der Waals surface area contributed by atoms with Crippen LogP contribution in [0.5, 0.6) is 11.5 Å². The number of pyridine rings is 1. The minimum absolute atomic E-state index is 0.0529. The zero-order chi connectivity index (χ0) is 17.3. The third-order valence-electron chi connectivity index (χ3n) is 4.32. The summed E-state index contributed by atoms with van der Waals surface area (Å²) in [5, 5.41) is 0. The van der Waals surface area contributed by atoms with Crippen LogP contribution in [0.3, 0.4) is 0 Å². The summed E-state index contributed by atoms with van der Waals surface area (Å²) in [5.41, 5.74) is 9.06. The molecular formula is C20H26N2O2. The molecule has 128 valence electrons. The predicted octanol–water partition coefficient (Wildman–Crippen LogP) is 4.13. The maximum atomic E-state index is 6.14. The van der Waals surface area contributed by atoms with Gasteiger partial charge >= 0.3 is 0 Å². The lowest BCUT2D eigenvalue weighted by atomic mass is 9.86. The van der Waals surface area contributed by atoms with E-state index in [0.717, 1.165) is 29.0 Å². The maximum absolute atomic E-state index is 6.14. The highest BCUT2D eigenvalue weighted by Crippen LogP contribution is 2.45. The lowest BCUT2D eigenvalue weighted by molar-refractivity contribution is 0.105. The van der Waals surface area contributed by atoms with Crippen molar-refractivity contribution in [2.45, 2.75) is 45.8 Å². The van der Waals surface area contributed by atoms with Gasteiger partial charge in [0.2, 0.25) is 0 Å². The zero-order valence-electron chi connectivity index (χ0n) is 14.9. The van der Waals surface area contributed by atoms with Crippen molar-refractivity contribution in [3.63, 3.8) is 0 Å². The summed E-state index contributed by atoms with van der Waals surface area (Å²) < 4.78 is 12.1. The smallest absolute Gasteiger partial charge is 0.146 e. The minimum Gasteiger partial charge on any atom is -0.492 e. The number of nitrogens with two attached hydrogens (primary N) is 1. The van der Waals surface area contributed by atoms with E-state index in [1.165, 1.54) is 5.56 Å². The topological polar surface area (TPSA) is 57.4 Å². The third-order valence-corrected chi connectivity index (χ3v) is 4.32. The average molecular weight is 326 g/mol. The number of nitrogens with zero attached hydrogens (tertiary/aromatic N) is 1. The van der Waals surface area contributed by atoms with Crippen LogP contribution in [-0.4, -0.2) is 17.6 Å². The van der Waals surface area contributed by atoms with E-state index in [2.05, 4.69) is 44.8 Å². The molecule has 0 bridgehead atoms. The fourth-order valence-electron chi connectivity index (χ4n) is 3.24. The van der Waals surface area contributed by atoms with E-state index in [0.29, 0.717) is 12.5 Å². The molecule has 0 aliphatic carbocycles. The van der Waals surface area contributed by atoms with Gasteiger partial charge in [0.05, 0.1) is 6.20 Å².